The molecule has 7 nitrogen and oxygen atoms in total. The van der Waals surface area contributed by atoms with Crippen molar-refractivity contribution in [2.75, 3.05) is 13.1 Å². The lowest BCUT2D eigenvalue weighted by atomic mass is 10.1. The van der Waals surface area contributed by atoms with Gasteiger partial charge in [-0.3, -0.25) is 9.59 Å². The summed E-state index contributed by atoms with van der Waals surface area (Å²) in [5, 5.41) is 8.82. The Labute approximate surface area is 111 Å². The van der Waals surface area contributed by atoms with Gasteiger partial charge in [-0.25, -0.2) is 4.79 Å². The number of nitrogens with zero attached hydrogens (tertiary/aromatic N) is 1. The summed E-state index contributed by atoms with van der Waals surface area (Å²) in [4.78, 5) is 35.3. The van der Waals surface area contributed by atoms with Gasteiger partial charge in [0.2, 0.25) is 5.91 Å². The fraction of sp³-hybridized carbons (Fsp3) is 0.750. The van der Waals surface area contributed by atoms with Crippen LogP contribution in [0.4, 0.5) is 0 Å². The van der Waals surface area contributed by atoms with Gasteiger partial charge in [0.25, 0.3) is 5.91 Å². The molecule has 0 spiro atoms. The molecule has 0 aromatic heterocycles. The lowest BCUT2D eigenvalue weighted by Crippen LogP contribution is -2.45. The summed E-state index contributed by atoms with van der Waals surface area (Å²) in [6.45, 7) is 4.04. The van der Waals surface area contributed by atoms with Crippen LogP contribution in [0.15, 0.2) is 0 Å². The van der Waals surface area contributed by atoms with Crippen LogP contribution in [0.25, 0.3) is 0 Å². The van der Waals surface area contributed by atoms with Crippen molar-refractivity contribution in [3.8, 4) is 0 Å². The molecular weight excluding hydrogens is 252 g/mol. The van der Waals surface area contributed by atoms with Crippen molar-refractivity contribution in [3.63, 3.8) is 0 Å². The van der Waals surface area contributed by atoms with Crippen LogP contribution >= 0.6 is 0 Å². The number of carboxylic acid groups (broad SMARTS) is 1. The van der Waals surface area contributed by atoms with Crippen molar-refractivity contribution in [2.24, 2.45) is 11.7 Å². The highest BCUT2D eigenvalue weighted by Crippen LogP contribution is 2.22. The van der Waals surface area contributed by atoms with Gasteiger partial charge >= 0.3 is 5.97 Å². The lowest BCUT2D eigenvalue weighted by Gasteiger charge is -2.25. The largest absolute Gasteiger partial charge is 0.479 e. The van der Waals surface area contributed by atoms with Crippen LogP contribution in [0.2, 0.25) is 0 Å². The van der Waals surface area contributed by atoms with Crippen LogP contribution in [0.1, 0.15) is 26.7 Å². The molecule has 2 amide bonds. The Morgan fingerprint density at radius 2 is 1.89 bits per heavy atom. The zero-order chi connectivity index (χ0) is 14.6. The van der Waals surface area contributed by atoms with Gasteiger partial charge in [-0.2, -0.15) is 0 Å². The molecule has 1 aliphatic heterocycles. The van der Waals surface area contributed by atoms with E-state index in [1.807, 2.05) is 13.8 Å². The minimum Gasteiger partial charge on any atom is -0.479 e. The topological polar surface area (TPSA) is 110 Å². The lowest BCUT2D eigenvalue weighted by molar-refractivity contribution is -0.155. The number of hydrogen-bond acceptors (Lipinski definition) is 4. The highest BCUT2D eigenvalue weighted by Gasteiger charge is 2.37. The first-order valence-electron chi connectivity index (χ1n) is 6.26. The zero-order valence-electron chi connectivity index (χ0n) is 11.2. The Kier molecular flexibility index (Phi) is 5.29. The average Bonchev–Trinajstić information content (AvgIpc) is 2.75. The SMILES string of the molecule is CC(C)CN(CC(N)=O)C(=O)C1CCC(C(=O)O)O1. The molecule has 1 rings (SSSR count). The van der Waals surface area contributed by atoms with Gasteiger partial charge in [0, 0.05) is 6.54 Å². The molecule has 108 valence electrons. The molecule has 0 saturated carbocycles. The third-order valence-electron chi connectivity index (χ3n) is 2.81. The number of hydrogen-bond donors (Lipinski definition) is 2. The van der Waals surface area contributed by atoms with Crippen molar-refractivity contribution in [3.05, 3.63) is 0 Å². The number of aliphatic carboxylic acids is 1. The summed E-state index contributed by atoms with van der Waals surface area (Å²) in [5.41, 5.74) is 5.11. The second kappa shape index (κ2) is 6.51. The molecule has 0 aromatic rings. The van der Waals surface area contributed by atoms with Crippen molar-refractivity contribution < 1.29 is 24.2 Å². The van der Waals surface area contributed by atoms with Crippen LogP contribution in [-0.4, -0.2) is 53.1 Å². The number of carbonyl (C=O) groups is 3. The van der Waals surface area contributed by atoms with Crippen molar-refractivity contribution in [2.45, 2.75) is 38.9 Å². The molecule has 2 unspecified atom stereocenters. The predicted molar refractivity (Wildman–Crippen MR) is 66.1 cm³/mol. The van der Waals surface area contributed by atoms with E-state index in [4.69, 9.17) is 15.6 Å². The molecule has 2 atom stereocenters. The van der Waals surface area contributed by atoms with Crippen molar-refractivity contribution >= 4 is 17.8 Å². The fourth-order valence-electron chi connectivity index (χ4n) is 2.07. The molecule has 3 N–H and O–H groups in total. The molecule has 0 bridgehead atoms. The minimum absolute atomic E-state index is 0.172. The molecule has 1 fully saturated rings. The Morgan fingerprint density at radius 3 is 2.32 bits per heavy atom. The standard InChI is InChI=1S/C12H20N2O5/c1-7(2)5-14(6-10(13)15)11(16)8-3-4-9(19-8)12(17)18/h7-9H,3-6H2,1-2H3,(H2,13,15)(H,17,18). The minimum atomic E-state index is -1.07. The second-order valence-electron chi connectivity index (χ2n) is 5.11. The van der Waals surface area contributed by atoms with Crippen LogP contribution in [0.3, 0.4) is 0 Å². The van der Waals surface area contributed by atoms with Gasteiger partial charge < -0.3 is 20.5 Å². The maximum Gasteiger partial charge on any atom is 0.332 e. The Hall–Kier alpha value is -1.63. The average molecular weight is 272 g/mol. The van der Waals surface area contributed by atoms with Gasteiger partial charge in [0.1, 0.15) is 6.10 Å². The first-order chi connectivity index (χ1) is 8.81. The number of primary amides is 1. The van der Waals surface area contributed by atoms with E-state index in [9.17, 15) is 14.4 Å². The van der Waals surface area contributed by atoms with Crippen molar-refractivity contribution in [1.29, 1.82) is 0 Å². The molecule has 0 aliphatic carbocycles. The highest BCUT2D eigenvalue weighted by molar-refractivity contribution is 5.87. The summed E-state index contributed by atoms with van der Waals surface area (Å²) >= 11 is 0. The third kappa shape index (κ3) is 4.51. The molecule has 0 aromatic carbocycles. The van der Waals surface area contributed by atoms with E-state index in [0.717, 1.165) is 0 Å². The first kappa shape index (κ1) is 15.4. The number of carbonyl (C=O) groups excluding carboxylic acids is 2. The zero-order valence-corrected chi connectivity index (χ0v) is 11.2. The van der Waals surface area contributed by atoms with Crippen LogP contribution < -0.4 is 5.73 Å². The maximum atomic E-state index is 12.2. The number of nitrogens with two attached hydrogens (primary N) is 1. The van der Waals surface area contributed by atoms with Gasteiger partial charge in [0.05, 0.1) is 6.54 Å². The molecule has 1 heterocycles. The number of amides is 2. The number of carboxylic acids is 1. The van der Waals surface area contributed by atoms with Gasteiger partial charge in [0.15, 0.2) is 6.10 Å². The fourth-order valence-corrected chi connectivity index (χ4v) is 2.07. The highest BCUT2D eigenvalue weighted by atomic mass is 16.5. The molecule has 1 saturated heterocycles. The van der Waals surface area contributed by atoms with E-state index >= 15 is 0 Å². The van der Waals surface area contributed by atoms with E-state index in [1.54, 1.807) is 0 Å². The van der Waals surface area contributed by atoms with Crippen LogP contribution in [0, 0.1) is 5.92 Å². The van der Waals surface area contributed by atoms with E-state index in [1.165, 1.54) is 4.90 Å². The van der Waals surface area contributed by atoms with E-state index < -0.39 is 24.1 Å². The van der Waals surface area contributed by atoms with E-state index in [0.29, 0.717) is 19.4 Å². The smallest absolute Gasteiger partial charge is 0.332 e. The van der Waals surface area contributed by atoms with Gasteiger partial charge in [-0.05, 0) is 18.8 Å². The van der Waals surface area contributed by atoms with Crippen LogP contribution in [-0.2, 0) is 19.1 Å². The normalized spacial score (nSPS) is 22.5. The van der Waals surface area contributed by atoms with Gasteiger partial charge in [-0.15, -0.1) is 0 Å². The third-order valence-corrected chi connectivity index (χ3v) is 2.81. The maximum absolute atomic E-state index is 12.2. The quantitative estimate of drug-likeness (QED) is 0.683. The number of ether oxygens (including phenoxy) is 1. The monoisotopic (exact) mass is 272 g/mol. The van der Waals surface area contributed by atoms with E-state index in [-0.39, 0.29) is 18.4 Å². The molecule has 0 radical (unpaired) electrons. The van der Waals surface area contributed by atoms with Crippen molar-refractivity contribution in [1.82, 2.24) is 4.90 Å². The molecule has 7 heteroatoms. The van der Waals surface area contributed by atoms with Gasteiger partial charge in [-0.1, -0.05) is 13.8 Å². The summed E-state index contributed by atoms with van der Waals surface area (Å²) in [6, 6.07) is 0. The molecular formula is C12H20N2O5. The second-order valence-corrected chi connectivity index (χ2v) is 5.11. The first-order valence-corrected chi connectivity index (χ1v) is 6.26. The molecule has 1 aliphatic rings. The predicted octanol–water partition coefficient (Wildman–Crippen LogP) is -0.411. The van der Waals surface area contributed by atoms with E-state index in [2.05, 4.69) is 0 Å². The van der Waals surface area contributed by atoms with Crippen LogP contribution in [0.5, 0.6) is 0 Å². The Balaban J connectivity index is 2.66. The number of rotatable bonds is 6. The summed E-state index contributed by atoms with van der Waals surface area (Å²) in [6.07, 6.45) is -1.08. The molecule has 19 heavy (non-hydrogen) atoms. The Morgan fingerprint density at radius 1 is 1.32 bits per heavy atom. The Bertz CT molecular complexity index is 369. The summed E-state index contributed by atoms with van der Waals surface area (Å²) in [7, 11) is 0. The summed E-state index contributed by atoms with van der Waals surface area (Å²) < 4.78 is 5.19. The summed E-state index contributed by atoms with van der Waals surface area (Å²) in [5.74, 6) is -1.85.